The number of hydrogen-bond acceptors (Lipinski definition) is 3. The van der Waals surface area contributed by atoms with E-state index >= 15 is 0 Å². The number of aromatic hydroxyl groups is 1. The van der Waals surface area contributed by atoms with E-state index in [1.807, 2.05) is 0 Å². The molecule has 2 N–H and O–H groups in total. The van der Waals surface area contributed by atoms with Gasteiger partial charge in [-0.3, -0.25) is 4.79 Å². The maximum atomic E-state index is 11.9. The van der Waals surface area contributed by atoms with Gasteiger partial charge < -0.3 is 15.3 Å². The van der Waals surface area contributed by atoms with Crippen molar-refractivity contribution in [1.29, 1.82) is 0 Å². The quantitative estimate of drug-likeness (QED) is 0.868. The van der Waals surface area contributed by atoms with Crippen LogP contribution in [-0.2, 0) is 0 Å². The second kappa shape index (κ2) is 7.29. The molecule has 1 fully saturated rings. The molecule has 20 heavy (non-hydrogen) atoms. The van der Waals surface area contributed by atoms with Crippen LogP contribution in [0.2, 0.25) is 0 Å². The molecule has 1 aromatic carbocycles. The van der Waals surface area contributed by atoms with Crippen LogP contribution in [0.3, 0.4) is 0 Å². The predicted octanol–water partition coefficient (Wildman–Crippen LogP) is 2.39. The zero-order valence-electron chi connectivity index (χ0n) is 12.1. The van der Waals surface area contributed by atoms with Crippen molar-refractivity contribution in [3.8, 4) is 5.75 Å². The first-order valence-electron chi connectivity index (χ1n) is 7.44. The number of amides is 1. The summed E-state index contributed by atoms with van der Waals surface area (Å²) in [4.78, 5) is 14.3. The third kappa shape index (κ3) is 4.23. The predicted molar refractivity (Wildman–Crippen MR) is 79.9 cm³/mol. The van der Waals surface area contributed by atoms with Gasteiger partial charge in [-0.2, -0.15) is 0 Å². The summed E-state index contributed by atoms with van der Waals surface area (Å²) in [6.45, 7) is 1.51. The number of nitrogens with one attached hydrogen (secondary N) is 1. The number of likely N-dealkylation sites (N-methyl/N-ethyl adjacent to an activating group) is 1. The Morgan fingerprint density at radius 2 is 2.10 bits per heavy atom. The van der Waals surface area contributed by atoms with Crippen LogP contribution in [0.5, 0.6) is 5.75 Å². The van der Waals surface area contributed by atoms with Crippen molar-refractivity contribution in [2.24, 2.45) is 0 Å². The molecule has 2 rings (SSSR count). The SMILES string of the molecule is CN(CCNC(=O)c1cccc(O)c1)C1CCCCC1. The van der Waals surface area contributed by atoms with Crippen LogP contribution in [0, 0.1) is 0 Å². The Bertz CT molecular complexity index is 442. The molecule has 110 valence electrons. The first-order valence-corrected chi connectivity index (χ1v) is 7.44. The number of benzene rings is 1. The molecule has 4 nitrogen and oxygen atoms in total. The Morgan fingerprint density at radius 3 is 2.80 bits per heavy atom. The summed E-state index contributed by atoms with van der Waals surface area (Å²) in [5.74, 6) is -0.00471. The van der Waals surface area contributed by atoms with E-state index in [0.717, 1.165) is 6.54 Å². The number of rotatable bonds is 5. The van der Waals surface area contributed by atoms with Crippen molar-refractivity contribution < 1.29 is 9.90 Å². The highest BCUT2D eigenvalue weighted by atomic mass is 16.3. The van der Waals surface area contributed by atoms with E-state index in [1.54, 1.807) is 18.2 Å². The average Bonchev–Trinajstić information content (AvgIpc) is 2.48. The number of phenols is 1. The lowest BCUT2D eigenvalue weighted by Gasteiger charge is -2.31. The molecule has 0 spiro atoms. The zero-order chi connectivity index (χ0) is 14.4. The minimum atomic E-state index is -0.127. The number of carbonyl (C=O) groups is 1. The number of hydrogen-bond donors (Lipinski definition) is 2. The van der Waals surface area contributed by atoms with Gasteiger partial charge in [0.25, 0.3) is 5.91 Å². The van der Waals surface area contributed by atoms with Gasteiger partial charge in [0, 0.05) is 24.7 Å². The van der Waals surface area contributed by atoms with Crippen LogP contribution in [0.4, 0.5) is 0 Å². The highest BCUT2D eigenvalue weighted by Gasteiger charge is 2.17. The molecule has 4 heteroatoms. The van der Waals surface area contributed by atoms with Crippen LogP contribution in [0.25, 0.3) is 0 Å². The van der Waals surface area contributed by atoms with E-state index in [4.69, 9.17) is 0 Å². The fourth-order valence-electron chi connectivity index (χ4n) is 2.80. The molecular weight excluding hydrogens is 252 g/mol. The molecule has 1 aliphatic rings. The van der Waals surface area contributed by atoms with Crippen LogP contribution in [0.15, 0.2) is 24.3 Å². The highest BCUT2D eigenvalue weighted by molar-refractivity contribution is 5.94. The van der Waals surface area contributed by atoms with E-state index in [9.17, 15) is 9.90 Å². The van der Waals surface area contributed by atoms with Crippen molar-refractivity contribution in [2.45, 2.75) is 38.1 Å². The lowest BCUT2D eigenvalue weighted by molar-refractivity contribution is 0.0944. The van der Waals surface area contributed by atoms with Crippen LogP contribution >= 0.6 is 0 Å². The monoisotopic (exact) mass is 276 g/mol. The Kier molecular flexibility index (Phi) is 5.41. The Labute approximate surface area is 120 Å². The molecule has 1 saturated carbocycles. The van der Waals surface area contributed by atoms with Crippen LogP contribution in [-0.4, -0.2) is 42.1 Å². The first-order chi connectivity index (χ1) is 9.66. The van der Waals surface area contributed by atoms with E-state index in [0.29, 0.717) is 18.2 Å². The van der Waals surface area contributed by atoms with Crippen molar-refractivity contribution >= 4 is 5.91 Å². The van der Waals surface area contributed by atoms with Gasteiger partial charge in [-0.15, -0.1) is 0 Å². The van der Waals surface area contributed by atoms with E-state index in [-0.39, 0.29) is 11.7 Å². The zero-order valence-corrected chi connectivity index (χ0v) is 12.1. The summed E-state index contributed by atoms with van der Waals surface area (Å²) in [5, 5.41) is 12.3. The van der Waals surface area contributed by atoms with Gasteiger partial charge in [-0.1, -0.05) is 25.3 Å². The molecule has 1 aliphatic carbocycles. The summed E-state index contributed by atoms with van der Waals surface area (Å²) in [5.41, 5.74) is 0.505. The van der Waals surface area contributed by atoms with Crippen LogP contribution in [0.1, 0.15) is 42.5 Å². The molecule has 0 radical (unpaired) electrons. The van der Waals surface area contributed by atoms with E-state index in [2.05, 4.69) is 17.3 Å². The molecule has 0 atom stereocenters. The molecule has 0 saturated heterocycles. The van der Waals surface area contributed by atoms with Crippen LogP contribution < -0.4 is 5.32 Å². The maximum absolute atomic E-state index is 11.9. The van der Waals surface area contributed by atoms with Gasteiger partial charge in [-0.05, 0) is 38.1 Å². The van der Waals surface area contributed by atoms with Gasteiger partial charge in [0.15, 0.2) is 0 Å². The standard InChI is InChI=1S/C16H24N2O2/c1-18(14-7-3-2-4-8-14)11-10-17-16(20)13-6-5-9-15(19)12-13/h5-6,9,12,14,19H,2-4,7-8,10-11H2,1H3,(H,17,20). The van der Waals surface area contributed by atoms with Crippen molar-refractivity contribution in [1.82, 2.24) is 10.2 Å². The molecule has 0 heterocycles. The molecule has 1 amide bonds. The second-order valence-corrected chi connectivity index (χ2v) is 5.58. The minimum Gasteiger partial charge on any atom is -0.508 e. The summed E-state index contributed by atoms with van der Waals surface area (Å²) in [7, 11) is 2.14. The van der Waals surface area contributed by atoms with E-state index in [1.165, 1.54) is 38.2 Å². The van der Waals surface area contributed by atoms with Crippen molar-refractivity contribution in [3.05, 3.63) is 29.8 Å². The summed E-state index contributed by atoms with van der Waals surface area (Å²) >= 11 is 0. The topological polar surface area (TPSA) is 52.6 Å². The molecule has 0 aromatic heterocycles. The summed E-state index contributed by atoms with van der Waals surface area (Å²) < 4.78 is 0. The van der Waals surface area contributed by atoms with Gasteiger partial charge in [0.05, 0.1) is 0 Å². The van der Waals surface area contributed by atoms with Gasteiger partial charge >= 0.3 is 0 Å². The van der Waals surface area contributed by atoms with E-state index < -0.39 is 0 Å². The molecule has 0 aliphatic heterocycles. The lowest BCUT2D eigenvalue weighted by Crippen LogP contribution is -2.39. The van der Waals surface area contributed by atoms with Gasteiger partial charge in [-0.25, -0.2) is 0 Å². The fourth-order valence-corrected chi connectivity index (χ4v) is 2.80. The largest absolute Gasteiger partial charge is 0.508 e. The number of carbonyl (C=O) groups excluding carboxylic acids is 1. The third-order valence-electron chi connectivity index (χ3n) is 4.06. The maximum Gasteiger partial charge on any atom is 0.251 e. The smallest absolute Gasteiger partial charge is 0.251 e. The molecule has 0 bridgehead atoms. The lowest BCUT2D eigenvalue weighted by atomic mass is 9.94. The molecular formula is C16H24N2O2. The number of phenolic OH excluding ortho intramolecular Hbond substituents is 1. The van der Waals surface area contributed by atoms with Gasteiger partial charge in [0.2, 0.25) is 0 Å². The Morgan fingerprint density at radius 1 is 1.35 bits per heavy atom. The molecule has 1 aromatic rings. The number of nitrogens with zero attached hydrogens (tertiary/aromatic N) is 1. The normalized spacial score (nSPS) is 16.3. The summed E-state index contributed by atoms with van der Waals surface area (Å²) in [6.07, 6.45) is 6.56. The molecule has 0 unspecified atom stereocenters. The fraction of sp³-hybridized carbons (Fsp3) is 0.562. The summed E-state index contributed by atoms with van der Waals surface area (Å²) in [6, 6.07) is 7.10. The first kappa shape index (κ1) is 14.9. The Hall–Kier alpha value is -1.55. The second-order valence-electron chi connectivity index (χ2n) is 5.58. The Balaban J connectivity index is 1.73. The van der Waals surface area contributed by atoms with Crippen molar-refractivity contribution in [3.63, 3.8) is 0 Å². The average molecular weight is 276 g/mol. The van der Waals surface area contributed by atoms with Crippen molar-refractivity contribution in [2.75, 3.05) is 20.1 Å². The van der Waals surface area contributed by atoms with Gasteiger partial charge in [0.1, 0.15) is 5.75 Å². The third-order valence-corrected chi connectivity index (χ3v) is 4.06. The highest BCUT2D eigenvalue weighted by Crippen LogP contribution is 2.21. The minimum absolute atomic E-state index is 0.122.